The second-order valence-electron chi connectivity index (χ2n) is 5.08. The van der Waals surface area contributed by atoms with E-state index in [0.29, 0.717) is 13.2 Å². The highest BCUT2D eigenvalue weighted by molar-refractivity contribution is 5.36. The fraction of sp³-hybridized carbons (Fsp3) is 0.538. The molecule has 20 heavy (non-hydrogen) atoms. The number of nitriles is 1. The molecule has 2 aliphatic rings. The summed E-state index contributed by atoms with van der Waals surface area (Å²) >= 11 is 0. The van der Waals surface area contributed by atoms with Gasteiger partial charge in [-0.25, -0.2) is 0 Å². The zero-order chi connectivity index (χ0) is 14.4. The van der Waals surface area contributed by atoms with E-state index in [1.807, 2.05) is 0 Å². The second kappa shape index (κ2) is 4.17. The number of hydrogen-bond acceptors (Lipinski definition) is 4. The highest BCUT2D eigenvalue weighted by atomic mass is 19.4. The molecule has 4 nitrogen and oxygen atoms in total. The Morgan fingerprint density at radius 2 is 1.90 bits per heavy atom. The number of alkyl halides is 3. The van der Waals surface area contributed by atoms with Crippen molar-refractivity contribution in [2.75, 3.05) is 13.2 Å². The normalized spacial score (nSPS) is 23.3. The van der Waals surface area contributed by atoms with Crippen molar-refractivity contribution in [3.8, 4) is 6.07 Å². The van der Waals surface area contributed by atoms with Crippen LogP contribution in [0.5, 0.6) is 0 Å². The van der Waals surface area contributed by atoms with Crippen LogP contribution in [0.3, 0.4) is 0 Å². The first-order valence-electron chi connectivity index (χ1n) is 6.12. The summed E-state index contributed by atoms with van der Waals surface area (Å²) in [6.45, 7) is 0.884. The van der Waals surface area contributed by atoms with E-state index >= 15 is 0 Å². The monoisotopic (exact) mass is 284 g/mol. The summed E-state index contributed by atoms with van der Waals surface area (Å²) in [7, 11) is 0. The molecule has 1 aromatic rings. The van der Waals surface area contributed by atoms with Crippen molar-refractivity contribution in [2.45, 2.75) is 30.2 Å². The quantitative estimate of drug-likeness (QED) is 0.794. The summed E-state index contributed by atoms with van der Waals surface area (Å²) < 4.78 is 49.0. The van der Waals surface area contributed by atoms with Gasteiger partial charge in [0.1, 0.15) is 5.41 Å². The topological polar surface area (TPSA) is 55.1 Å². The minimum Gasteiger partial charge on any atom is -0.347 e. The van der Waals surface area contributed by atoms with Crippen LogP contribution in [-0.4, -0.2) is 24.0 Å². The molecule has 0 aromatic carbocycles. The number of aromatic nitrogens is 1. The first-order chi connectivity index (χ1) is 9.39. The largest absolute Gasteiger partial charge is 0.416 e. The van der Waals surface area contributed by atoms with Gasteiger partial charge >= 0.3 is 6.18 Å². The van der Waals surface area contributed by atoms with Gasteiger partial charge in [0.2, 0.25) is 0 Å². The molecule has 0 N–H and O–H groups in total. The first kappa shape index (κ1) is 13.3. The summed E-state index contributed by atoms with van der Waals surface area (Å²) in [6, 6.07) is 3.90. The van der Waals surface area contributed by atoms with Gasteiger partial charge < -0.3 is 9.47 Å². The van der Waals surface area contributed by atoms with E-state index in [0.717, 1.165) is 18.3 Å². The Hall–Kier alpha value is -1.65. The standard InChI is InChI=1S/C13H11F3N2O2/c14-13(15,16)9-1-2-18-10(5-9)11(8-17)6-12(7-11)19-3-4-20-12/h1-2,5H,3-4,6-7H2. The maximum Gasteiger partial charge on any atom is 0.416 e. The van der Waals surface area contributed by atoms with Crippen LogP contribution >= 0.6 is 0 Å². The summed E-state index contributed by atoms with van der Waals surface area (Å²) in [5.41, 5.74) is -1.74. The molecule has 0 bridgehead atoms. The molecule has 1 saturated heterocycles. The lowest BCUT2D eigenvalue weighted by Gasteiger charge is -2.48. The van der Waals surface area contributed by atoms with Gasteiger partial charge in [-0.2, -0.15) is 18.4 Å². The lowest BCUT2D eigenvalue weighted by atomic mass is 9.63. The molecular formula is C13H11F3N2O2. The SMILES string of the molecule is N#CC1(c2cc(C(F)(F)F)ccn2)CC2(C1)OCCO2. The van der Waals surface area contributed by atoms with Crippen molar-refractivity contribution >= 4 is 0 Å². The van der Waals surface area contributed by atoms with E-state index in [4.69, 9.17) is 9.47 Å². The Morgan fingerprint density at radius 3 is 2.45 bits per heavy atom. The number of hydrogen-bond donors (Lipinski definition) is 0. The van der Waals surface area contributed by atoms with Crippen molar-refractivity contribution in [1.29, 1.82) is 5.26 Å². The molecule has 0 radical (unpaired) electrons. The molecule has 0 unspecified atom stereocenters. The molecule has 7 heteroatoms. The Kier molecular flexibility index (Phi) is 2.78. The first-order valence-corrected chi connectivity index (χ1v) is 6.12. The van der Waals surface area contributed by atoms with E-state index in [-0.39, 0.29) is 18.5 Å². The lowest BCUT2D eigenvalue weighted by Crippen LogP contribution is -2.55. The average Bonchev–Trinajstić information content (AvgIpc) is 2.84. The van der Waals surface area contributed by atoms with E-state index in [9.17, 15) is 18.4 Å². The summed E-state index contributed by atoms with van der Waals surface area (Å²) in [6.07, 6.45) is -2.94. The predicted molar refractivity (Wildman–Crippen MR) is 60.4 cm³/mol. The van der Waals surface area contributed by atoms with Crippen LogP contribution in [0.4, 0.5) is 13.2 Å². The Bertz CT molecular complexity index is 566. The summed E-state index contributed by atoms with van der Waals surface area (Å²) in [4.78, 5) is 3.94. The molecule has 1 aliphatic heterocycles. The van der Waals surface area contributed by atoms with Crippen LogP contribution in [-0.2, 0) is 21.1 Å². The minimum atomic E-state index is -4.45. The maximum atomic E-state index is 12.7. The maximum absolute atomic E-state index is 12.7. The van der Waals surface area contributed by atoms with E-state index in [1.165, 1.54) is 0 Å². The molecule has 2 fully saturated rings. The van der Waals surface area contributed by atoms with Gasteiger partial charge in [-0.3, -0.25) is 4.98 Å². The van der Waals surface area contributed by atoms with E-state index in [2.05, 4.69) is 11.1 Å². The van der Waals surface area contributed by atoms with Gasteiger partial charge in [-0.15, -0.1) is 0 Å². The van der Waals surface area contributed by atoms with Crippen LogP contribution in [0.15, 0.2) is 18.3 Å². The Balaban J connectivity index is 1.90. The third-order valence-corrected chi connectivity index (χ3v) is 3.75. The molecule has 1 aromatic heterocycles. The molecule has 1 spiro atoms. The van der Waals surface area contributed by atoms with Crippen molar-refractivity contribution < 1.29 is 22.6 Å². The van der Waals surface area contributed by atoms with Crippen molar-refractivity contribution in [1.82, 2.24) is 4.98 Å². The van der Waals surface area contributed by atoms with Gasteiger partial charge in [0.05, 0.1) is 30.5 Å². The third kappa shape index (κ3) is 1.96. The zero-order valence-corrected chi connectivity index (χ0v) is 10.4. The van der Waals surface area contributed by atoms with Crippen molar-refractivity contribution in [2.24, 2.45) is 0 Å². The number of ether oxygens (including phenoxy) is 2. The molecule has 3 rings (SSSR count). The molecule has 106 valence electrons. The van der Waals surface area contributed by atoms with Crippen LogP contribution in [0, 0.1) is 11.3 Å². The Morgan fingerprint density at radius 1 is 1.25 bits per heavy atom. The molecule has 1 aliphatic carbocycles. The number of nitrogens with zero attached hydrogens (tertiary/aromatic N) is 2. The highest BCUT2D eigenvalue weighted by Crippen LogP contribution is 2.53. The highest BCUT2D eigenvalue weighted by Gasteiger charge is 2.61. The molecule has 0 atom stereocenters. The van der Waals surface area contributed by atoms with Crippen LogP contribution < -0.4 is 0 Å². The van der Waals surface area contributed by atoms with Gasteiger partial charge in [0.15, 0.2) is 5.79 Å². The number of halogens is 3. The van der Waals surface area contributed by atoms with Crippen LogP contribution in [0.2, 0.25) is 0 Å². The number of rotatable bonds is 1. The minimum absolute atomic E-state index is 0.125. The smallest absolute Gasteiger partial charge is 0.347 e. The van der Waals surface area contributed by atoms with Crippen molar-refractivity contribution in [3.05, 3.63) is 29.6 Å². The lowest BCUT2D eigenvalue weighted by molar-refractivity contribution is -0.230. The molecule has 2 heterocycles. The average molecular weight is 284 g/mol. The van der Waals surface area contributed by atoms with Gasteiger partial charge in [0, 0.05) is 19.0 Å². The Labute approximate surface area is 113 Å². The molecular weight excluding hydrogens is 273 g/mol. The fourth-order valence-electron chi connectivity index (χ4n) is 2.75. The zero-order valence-electron chi connectivity index (χ0n) is 10.4. The molecule has 0 amide bonds. The van der Waals surface area contributed by atoms with Gasteiger partial charge in [-0.1, -0.05) is 0 Å². The van der Waals surface area contributed by atoms with Crippen LogP contribution in [0.25, 0.3) is 0 Å². The number of pyridine rings is 1. The van der Waals surface area contributed by atoms with Crippen molar-refractivity contribution in [3.63, 3.8) is 0 Å². The van der Waals surface area contributed by atoms with Gasteiger partial charge in [0.25, 0.3) is 0 Å². The van der Waals surface area contributed by atoms with Crippen LogP contribution in [0.1, 0.15) is 24.1 Å². The van der Waals surface area contributed by atoms with E-state index in [1.54, 1.807) is 0 Å². The summed E-state index contributed by atoms with van der Waals surface area (Å²) in [5.74, 6) is -0.814. The predicted octanol–water partition coefficient (Wildman–Crippen LogP) is 2.40. The fourth-order valence-corrected chi connectivity index (χ4v) is 2.75. The molecule has 1 saturated carbocycles. The summed E-state index contributed by atoms with van der Waals surface area (Å²) in [5, 5.41) is 9.34. The third-order valence-electron chi connectivity index (χ3n) is 3.75. The van der Waals surface area contributed by atoms with Gasteiger partial charge in [-0.05, 0) is 12.1 Å². The second-order valence-corrected chi connectivity index (χ2v) is 5.08. The van der Waals surface area contributed by atoms with E-state index < -0.39 is 22.9 Å².